The quantitative estimate of drug-likeness (QED) is 0.683. The molecule has 1 aromatic carbocycles. The van der Waals surface area contributed by atoms with Crippen LogP contribution in [0.2, 0.25) is 0 Å². The zero-order valence-electron chi connectivity index (χ0n) is 9.07. The highest BCUT2D eigenvalue weighted by molar-refractivity contribution is 5.73. The van der Waals surface area contributed by atoms with Crippen LogP contribution < -0.4 is 10.8 Å². The fourth-order valence-electron chi connectivity index (χ4n) is 1.03. The summed E-state index contributed by atoms with van der Waals surface area (Å²) in [6.45, 7) is -0.738. The maximum atomic E-state index is 12.8. The summed E-state index contributed by atoms with van der Waals surface area (Å²) in [6.07, 6.45) is 0. The molecule has 8 heteroatoms. The fourth-order valence-corrected chi connectivity index (χ4v) is 1.03. The number of hydrogen-bond donors (Lipinski definition) is 3. The molecule has 98 valence electrons. The van der Waals surface area contributed by atoms with Gasteiger partial charge in [0.25, 0.3) is 0 Å². The summed E-state index contributed by atoms with van der Waals surface area (Å²) in [7, 11) is 0. The van der Waals surface area contributed by atoms with Crippen molar-refractivity contribution in [2.24, 2.45) is 0 Å². The topological polar surface area (TPSA) is 87.7 Å². The van der Waals surface area contributed by atoms with Crippen molar-refractivity contribution in [1.82, 2.24) is 10.8 Å². The molecule has 0 atom stereocenters. The molecular weight excluding hydrogens is 250 g/mol. The molecule has 0 saturated heterocycles. The van der Waals surface area contributed by atoms with Gasteiger partial charge in [0.15, 0.2) is 18.2 Å². The second-order valence-electron chi connectivity index (χ2n) is 3.22. The summed E-state index contributed by atoms with van der Waals surface area (Å²) in [4.78, 5) is 25.4. The number of amides is 2. The van der Waals surface area contributed by atoms with Crippen LogP contribution in [0, 0.1) is 11.6 Å². The molecule has 0 saturated carbocycles. The van der Waals surface area contributed by atoms with Gasteiger partial charge >= 0.3 is 12.0 Å². The Labute approximate surface area is 101 Å². The summed E-state index contributed by atoms with van der Waals surface area (Å²) in [5.74, 6) is -3.24. The number of carbonyl (C=O) groups excluding carboxylic acids is 1. The number of nitrogens with one attached hydrogen (secondary N) is 2. The highest BCUT2D eigenvalue weighted by Crippen LogP contribution is 2.08. The van der Waals surface area contributed by atoms with Gasteiger partial charge in [-0.15, -0.1) is 0 Å². The van der Waals surface area contributed by atoms with Crippen LogP contribution in [0.3, 0.4) is 0 Å². The first-order valence-corrected chi connectivity index (χ1v) is 4.80. The van der Waals surface area contributed by atoms with E-state index in [2.05, 4.69) is 10.2 Å². The minimum absolute atomic E-state index is 0.0561. The molecule has 3 N–H and O–H groups in total. The van der Waals surface area contributed by atoms with Gasteiger partial charge in [0, 0.05) is 6.54 Å². The van der Waals surface area contributed by atoms with E-state index in [4.69, 9.17) is 5.11 Å². The SMILES string of the molecule is O=C(O)CONC(=O)NCc1ccc(F)c(F)c1. The van der Waals surface area contributed by atoms with Crippen LogP contribution in [0.25, 0.3) is 0 Å². The van der Waals surface area contributed by atoms with E-state index in [1.165, 1.54) is 6.07 Å². The van der Waals surface area contributed by atoms with Crippen LogP contribution in [0.1, 0.15) is 5.56 Å². The number of carboxylic acid groups (broad SMARTS) is 1. The number of halogens is 2. The van der Waals surface area contributed by atoms with Crippen LogP contribution in [-0.4, -0.2) is 23.7 Å². The van der Waals surface area contributed by atoms with E-state index >= 15 is 0 Å². The second-order valence-corrected chi connectivity index (χ2v) is 3.22. The Hall–Kier alpha value is -2.22. The summed E-state index contributed by atoms with van der Waals surface area (Å²) in [5, 5.41) is 10.5. The van der Waals surface area contributed by atoms with Crippen molar-refractivity contribution in [3.8, 4) is 0 Å². The van der Waals surface area contributed by atoms with E-state index in [9.17, 15) is 18.4 Å². The predicted octanol–water partition coefficient (Wildman–Crippen LogP) is 0.780. The zero-order chi connectivity index (χ0) is 13.5. The number of hydrogen-bond acceptors (Lipinski definition) is 3. The molecule has 0 aliphatic carbocycles. The van der Waals surface area contributed by atoms with Crippen molar-refractivity contribution < 1.29 is 28.3 Å². The fraction of sp³-hybridized carbons (Fsp3) is 0.200. The Morgan fingerprint density at radius 2 is 2.00 bits per heavy atom. The zero-order valence-corrected chi connectivity index (χ0v) is 9.07. The number of carbonyl (C=O) groups is 2. The van der Waals surface area contributed by atoms with Crippen LogP contribution >= 0.6 is 0 Å². The second kappa shape index (κ2) is 6.50. The Morgan fingerprint density at radius 3 is 2.61 bits per heavy atom. The normalized spacial score (nSPS) is 9.89. The standard InChI is InChI=1S/C10H10F2N2O4/c11-7-2-1-6(3-8(7)12)4-13-10(17)14-18-5-9(15)16/h1-3H,4-5H2,(H,15,16)(H2,13,14,17). The highest BCUT2D eigenvalue weighted by atomic mass is 19.2. The number of carboxylic acids is 1. The third-order valence-electron chi connectivity index (χ3n) is 1.80. The lowest BCUT2D eigenvalue weighted by Crippen LogP contribution is -2.36. The van der Waals surface area contributed by atoms with Crippen LogP contribution in [0.5, 0.6) is 0 Å². The minimum atomic E-state index is -1.24. The molecule has 0 unspecified atom stereocenters. The first-order valence-electron chi connectivity index (χ1n) is 4.80. The first kappa shape index (κ1) is 13.8. The molecule has 0 radical (unpaired) electrons. The molecule has 0 aromatic heterocycles. The van der Waals surface area contributed by atoms with Crippen molar-refractivity contribution >= 4 is 12.0 Å². The third kappa shape index (κ3) is 4.74. The molecule has 1 aromatic rings. The van der Waals surface area contributed by atoms with Gasteiger partial charge in [0.05, 0.1) is 0 Å². The Morgan fingerprint density at radius 1 is 1.28 bits per heavy atom. The molecule has 0 fully saturated rings. The van der Waals surface area contributed by atoms with E-state index in [1.54, 1.807) is 0 Å². The van der Waals surface area contributed by atoms with Crippen molar-refractivity contribution in [3.05, 3.63) is 35.4 Å². The van der Waals surface area contributed by atoms with Crippen LogP contribution in [0.4, 0.5) is 13.6 Å². The highest BCUT2D eigenvalue weighted by Gasteiger charge is 2.05. The van der Waals surface area contributed by atoms with Gasteiger partial charge in [0.1, 0.15) is 0 Å². The Kier molecular flexibility index (Phi) is 5.00. The van der Waals surface area contributed by atoms with E-state index in [-0.39, 0.29) is 6.54 Å². The van der Waals surface area contributed by atoms with Gasteiger partial charge < -0.3 is 10.4 Å². The molecule has 0 bridgehead atoms. The van der Waals surface area contributed by atoms with Gasteiger partial charge in [-0.2, -0.15) is 0 Å². The molecule has 2 amide bonds. The first-order chi connectivity index (χ1) is 8.49. The smallest absolute Gasteiger partial charge is 0.338 e. The van der Waals surface area contributed by atoms with Gasteiger partial charge in [-0.05, 0) is 17.7 Å². The average molecular weight is 260 g/mol. The van der Waals surface area contributed by atoms with Gasteiger partial charge in [-0.25, -0.2) is 23.9 Å². The monoisotopic (exact) mass is 260 g/mol. The summed E-state index contributed by atoms with van der Waals surface area (Å²) >= 11 is 0. The number of hydroxylamine groups is 1. The van der Waals surface area contributed by atoms with E-state index < -0.39 is 30.2 Å². The van der Waals surface area contributed by atoms with E-state index in [0.29, 0.717) is 5.56 Å². The van der Waals surface area contributed by atoms with Crippen molar-refractivity contribution in [3.63, 3.8) is 0 Å². The average Bonchev–Trinajstić information content (AvgIpc) is 2.30. The summed E-state index contributed by atoms with van der Waals surface area (Å²) < 4.78 is 25.4. The minimum Gasteiger partial charge on any atom is -0.479 e. The lowest BCUT2D eigenvalue weighted by molar-refractivity contribution is -0.144. The Bertz CT molecular complexity index is 454. The van der Waals surface area contributed by atoms with E-state index in [1.807, 2.05) is 5.48 Å². The van der Waals surface area contributed by atoms with Crippen LogP contribution in [-0.2, 0) is 16.2 Å². The number of urea groups is 1. The van der Waals surface area contributed by atoms with Crippen molar-refractivity contribution in [2.75, 3.05) is 6.61 Å². The van der Waals surface area contributed by atoms with Gasteiger partial charge in [-0.1, -0.05) is 6.07 Å². The molecular formula is C10H10F2N2O4. The van der Waals surface area contributed by atoms with Gasteiger partial charge in [0.2, 0.25) is 0 Å². The molecule has 18 heavy (non-hydrogen) atoms. The van der Waals surface area contributed by atoms with Crippen molar-refractivity contribution in [2.45, 2.75) is 6.54 Å². The molecule has 0 spiro atoms. The summed E-state index contributed by atoms with van der Waals surface area (Å²) in [5.41, 5.74) is 2.16. The predicted molar refractivity (Wildman–Crippen MR) is 55.3 cm³/mol. The Balaban J connectivity index is 2.33. The van der Waals surface area contributed by atoms with Crippen LogP contribution in [0.15, 0.2) is 18.2 Å². The largest absolute Gasteiger partial charge is 0.479 e. The lowest BCUT2D eigenvalue weighted by Gasteiger charge is -2.06. The lowest BCUT2D eigenvalue weighted by atomic mass is 10.2. The number of aliphatic carboxylic acids is 1. The maximum absolute atomic E-state index is 12.8. The third-order valence-corrected chi connectivity index (χ3v) is 1.80. The molecule has 0 aliphatic rings. The molecule has 0 heterocycles. The molecule has 6 nitrogen and oxygen atoms in total. The maximum Gasteiger partial charge on any atom is 0.338 e. The summed E-state index contributed by atoms with van der Waals surface area (Å²) in [6, 6.07) is 2.39. The van der Waals surface area contributed by atoms with Gasteiger partial charge in [-0.3, -0.25) is 4.84 Å². The van der Waals surface area contributed by atoms with Crippen molar-refractivity contribution in [1.29, 1.82) is 0 Å². The van der Waals surface area contributed by atoms with E-state index in [0.717, 1.165) is 12.1 Å². The molecule has 1 rings (SSSR count). The number of benzene rings is 1. The number of rotatable bonds is 5. The molecule has 0 aliphatic heterocycles.